The van der Waals surface area contributed by atoms with Crippen molar-refractivity contribution in [2.75, 3.05) is 0 Å². The maximum Gasteiger partial charge on any atom is 0.297 e. The summed E-state index contributed by atoms with van der Waals surface area (Å²) in [6.45, 7) is 0. The minimum absolute atomic E-state index is 0.211. The average molecular weight is 241 g/mol. The molecule has 0 aliphatic rings. The predicted octanol–water partition coefficient (Wildman–Crippen LogP) is 1.77. The van der Waals surface area contributed by atoms with Crippen LogP contribution >= 0.6 is 12.6 Å². The molecule has 1 aromatic heterocycles. The zero-order valence-corrected chi connectivity index (χ0v) is 9.16. The Labute approximate surface area is 92.1 Å². The molecule has 4 nitrogen and oxygen atoms in total. The summed E-state index contributed by atoms with van der Waals surface area (Å²) in [4.78, 5) is 3.86. The third-order valence-electron chi connectivity index (χ3n) is 1.99. The van der Waals surface area contributed by atoms with Gasteiger partial charge >= 0.3 is 0 Å². The number of benzene rings is 1. The third-order valence-corrected chi connectivity index (χ3v) is 3.49. The van der Waals surface area contributed by atoms with E-state index in [0.717, 1.165) is 6.20 Å². The van der Waals surface area contributed by atoms with Gasteiger partial charge in [-0.2, -0.15) is 8.42 Å². The van der Waals surface area contributed by atoms with Gasteiger partial charge in [-0.05, 0) is 6.07 Å². The van der Waals surface area contributed by atoms with Gasteiger partial charge in [-0.15, -0.1) is 12.6 Å². The van der Waals surface area contributed by atoms with Gasteiger partial charge in [0, 0.05) is 16.5 Å². The summed E-state index contributed by atoms with van der Waals surface area (Å²) in [6.07, 6.45) is 1.10. The van der Waals surface area contributed by atoms with Crippen molar-refractivity contribution in [1.82, 2.24) is 4.98 Å². The molecule has 15 heavy (non-hydrogen) atoms. The number of fused-ring (bicyclic) bond motifs is 1. The molecule has 0 unspecified atom stereocenters. The molecule has 1 N–H and O–H groups in total. The number of aromatic nitrogens is 1. The number of pyridine rings is 1. The molecule has 2 rings (SSSR count). The van der Waals surface area contributed by atoms with E-state index in [2.05, 4.69) is 17.6 Å². The predicted molar refractivity (Wildman–Crippen MR) is 58.8 cm³/mol. The lowest BCUT2D eigenvalue weighted by molar-refractivity contribution is 0.481. The molecule has 78 valence electrons. The molecule has 0 spiro atoms. The number of hydrogen-bond acceptors (Lipinski definition) is 4. The van der Waals surface area contributed by atoms with Crippen molar-refractivity contribution in [3.8, 4) is 0 Å². The Morgan fingerprint density at radius 1 is 1.27 bits per heavy atom. The van der Waals surface area contributed by atoms with Crippen molar-refractivity contribution in [3.63, 3.8) is 0 Å². The Balaban J connectivity index is 2.88. The van der Waals surface area contributed by atoms with Crippen molar-refractivity contribution in [2.45, 2.75) is 9.79 Å². The van der Waals surface area contributed by atoms with Crippen LogP contribution in [0.4, 0.5) is 0 Å². The topological polar surface area (TPSA) is 67.3 Å². The van der Waals surface area contributed by atoms with E-state index in [1.807, 2.05) is 0 Å². The maximum atomic E-state index is 11.0. The smallest absolute Gasteiger partial charge is 0.282 e. The number of thiol groups is 1. The van der Waals surface area contributed by atoms with Gasteiger partial charge in [-0.25, -0.2) is 0 Å². The molecule has 0 aliphatic carbocycles. The Bertz CT molecular complexity index is 622. The molecule has 0 saturated carbocycles. The zero-order valence-electron chi connectivity index (χ0n) is 7.45. The van der Waals surface area contributed by atoms with Gasteiger partial charge in [-0.3, -0.25) is 9.54 Å². The van der Waals surface area contributed by atoms with Crippen LogP contribution in [0.5, 0.6) is 0 Å². The lowest BCUT2D eigenvalue weighted by atomic mass is 10.2. The van der Waals surface area contributed by atoms with E-state index < -0.39 is 10.1 Å². The Kier molecular flexibility index (Phi) is 2.41. The monoisotopic (exact) mass is 241 g/mol. The van der Waals surface area contributed by atoms with Crippen LogP contribution in [-0.4, -0.2) is 18.0 Å². The van der Waals surface area contributed by atoms with Crippen molar-refractivity contribution >= 4 is 33.6 Å². The van der Waals surface area contributed by atoms with E-state index >= 15 is 0 Å². The highest BCUT2D eigenvalue weighted by molar-refractivity contribution is 7.87. The summed E-state index contributed by atoms with van der Waals surface area (Å²) in [6, 6.07) is 6.97. The van der Waals surface area contributed by atoms with Crippen LogP contribution in [0.2, 0.25) is 0 Å². The van der Waals surface area contributed by atoms with E-state index in [1.54, 1.807) is 24.3 Å². The highest BCUT2D eigenvalue weighted by atomic mass is 32.2. The second kappa shape index (κ2) is 3.48. The van der Waals surface area contributed by atoms with Gasteiger partial charge in [-0.1, -0.05) is 18.2 Å². The van der Waals surface area contributed by atoms with Gasteiger partial charge in [0.1, 0.15) is 4.90 Å². The molecular formula is C9H7NO3S2. The number of hydrogen-bond donors (Lipinski definition) is 2. The second-order valence-electron chi connectivity index (χ2n) is 2.96. The molecule has 0 saturated heterocycles. The van der Waals surface area contributed by atoms with Crippen LogP contribution in [0.15, 0.2) is 40.3 Å². The van der Waals surface area contributed by atoms with Gasteiger partial charge in [0.05, 0.1) is 5.52 Å². The Morgan fingerprint density at radius 3 is 2.60 bits per heavy atom. The normalized spacial score (nSPS) is 11.9. The molecule has 0 aliphatic heterocycles. The summed E-state index contributed by atoms with van der Waals surface area (Å²) in [5.74, 6) is 0. The molecule has 1 heterocycles. The number of para-hydroxylation sites is 1. The van der Waals surface area contributed by atoms with E-state index in [0.29, 0.717) is 10.9 Å². The van der Waals surface area contributed by atoms with E-state index in [1.165, 1.54) is 0 Å². The van der Waals surface area contributed by atoms with Crippen molar-refractivity contribution in [1.29, 1.82) is 0 Å². The molecular weight excluding hydrogens is 234 g/mol. The SMILES string of the molecule is O=S(=O)(O)c1cnc2ccccc2c1S. The van der Waals surface area contributed by atoms with Crippen LogP contribution in [-0.2, 0) is 10.1 Å². The highest BCUT2D eigenvalue weighted by Crippen LogP contribution is 2.26. The lowest BCUT2D eigenvalue weighted by Crippen LogP contribution is -2.00. The standard InChI is InChI=1S/C9H7NO3S2/c11-15(12,13)8-5-10-7-4-2-1-3-6(7)9(8)14/h1-5H,(H,10,14)(H,11,12,13). The summed E-state index contributed by atoms with van der Waals surface area (Å²) < 4.78 is 30.8. The minimum atomic E-state index is -4.26. The summed E-state index contributed by atoms with van der Waals surface area (Å²) in [7, 11) is -4.26. The fourth-order valence-electron chi connectivity index (χ4n) is 1.30. The van der Waals surface area contributed by atoms with Crippen LogP contribution in [0, 0.1) is 0 Å². The van der Waals surface area contributed by atoms with Crippen molar-refractivity contribution in [3.05, 3.63) is 30.5 Å². The minimum Gasteiger partial charge on any atom is -0.282 e. The molecule has 0 amide bonds. The largest absolute Gasteiger partial charge is 0.297 e. The van der Waals surface area contributed by atoms with Crippen molar-refractivity contribution < 1.29 is 13.0 Å². The number of rotatable bonds is 1. The Morgan fingerprint density at radius 2 is 1.93 bits per heavy atom. The fraction of sp³-hybridized carbons (Fsp3) is 0. The van der Waals surface area contributed by atoms with E-state index in [-0.39, 0.29) is 9.79 Å². The first-order valence-corrected chi connectivity index (χ1v) is 5.93. The molecule has 1 aromatic carbocycles. The van der Waals surface area contributed by atoms with Crippen LogP contribution in [0.25, 0.3) is 10.9 Å². The summed E-state index contributed by atoms with van der Waals surface area (Å²) >= 11 is 4.08. The van der Waals surface area contributed by atoms with Crippen molar-refractivity contribution in [2.24, 2.45) is 0 Å². The molecule has 2 aromatic rings. The Hall–Kier alpha value is -1.11. The third kappa shape index (κ3) is 1.83. The first kappa shape index (κ1) is 10.4. The van der Waals surface area contributed by atoms with Crippen LogP contribution in [0.1, 0.15) is 0 Å². The number of nitrogens with zero attached hydrogens (tertiary/aromatic N) is 1. The highest BCUT2D eigenvalue weighted by Gasteiger charge is 2.16. The zero-order chi connectivity index (χ0) is 11.1. The van der Waals surface area contributed by atoms with E-state index in [9.17, 15) is 8.42 Å². The van der Waals surface area contributed by atoms with Gasteiger partial charge in [0.25, 0.3) is 10.1 Å². The quantitative estimate of drug-likeness (QED) is 0.590. The van der Waals surface area contributed by atoms with Gasteiger partial charge in [0.15, 0.2) is 0 Å². The fourth-order valence-corrected chi connectivity index (χ4v) is 2.43. The maximum absolute atomic E-state index is 11.0. The molecule has 0 bridgehead atoms. The lowest BCUT2D eigenvalue weighted by Gasteiger charge is -2.04. The van der Waals surface area contributed by atoms with Crippen LogP contribution < -0.4 is 0 Å². The summed E-state index contributed by atoms with van der Waals surface area (Å²) in [5.41, 5.74) is 0.634. The first-order valence-electron chi connectivity index (χ1n) is 4.04. The molecule has 0 atom stereocenters. The summed E-state index contributed by atoms with van der Waals surface area (Å²) in [5, 5.41) is 0.593. The molecule has 6 heteroatoms. The second-order valence-corrected chi connectivity index (χ2v) is 4.80. The van der Waals surface area contributed by atoms with E-state index in [4.69, 9.17) is 4.55 Å². The average Bonchev–Trinajstić information content (AvgIpc) is 2.16. The van der Waals surface area contributed by atoms with Gasteiger partial charge < -0.3 is 0 Å². The first-order chi connectivity index (χ1) is 7.00. The van der Waals surface area contributed by atoms with Crippen LogP contribution in [0.3, 0.4) is 0 Å². The van der Waals surface area contributed by atoms with Gasteiger partial charge in [0.2, 0.25) is 0 Å². The molecule has 0 radical (unpaired) electrons. The molecule has 0 fully saturated rings.